The van der Waals surface area contributed by atoms with E-state index in [1.54, 1.807) is 7.05 Å². The molecule has 1 heterocycles. The Morgan fingerprint density at radius 3 is 2.30 bits per heavy atom. The van der Waals surface area contributed by atoms with E-state index in [-0.39, 0.29) is 5.75 Å². The maximum absolute atomic E-state index is 11.4. The number of nitrogens with one attached hydrogen (secondary N) is 1. The Balaban J connectivity index is 1.54. The number of hydrogen-bond donors (Lipinski definition) is 1. The molecule has 0 unspecified atom stereocenters. The molecule has 2 aromatic rings. The van der Waals surface area contributed by atoms with Crippen molar-refractivity contribution in [2.45, 2.75) is 19.2 Å². The maximum Gasteiger partial charge on any atom is 0.194 e. The number of anilines is 1. The summed E-state index contributed by atoms with van der Waals surface area (Å²) >= 11 is 6.18. The fraction of sp³-hybridized carbons (Fsp3) is 0.409. The van der Waals surface area contributed by atoms with E-state index in [4.69, 9.17) is 11.6 Å². The van der Waals surface area contributed by atoms with Gasteiger partial charge in [-0.2, -0.15) is 0 Å². The van der Waals surface area contributed by atoms with Crippen LogP contribution in [0.25, 0.3) is 0 Å². The molecule has 1 fully saturated rings. The average molecular weight is 449 g/mol. The van der Waals surface area contributed by atoms with Gasteiger partial charge in [0.25, 0.3) is 0 Å². The number of rotatable bonds is 5. The highest BCUT2D eigenvalue weighted by molar-refractivity contribution is 7.89. The van der Waals surface area contributed by atoms with E-state index in [2.05, 4.69) is 33.1 Å². The molecule has 0 radical (unpaired) electrons. The number of guanidine groups is 1. The summed E-state index contributed by atoms with van der Waals surface area (Å²) in [6.45, 7) is 6.31. The second kappa shape index (κ2) is 9.71. The van der Waals surface area contributed by atoms with Crippen LogP contribution in [0.15, 0.2) is 47.5 Å². The zero-order valence-electron chi connectivity index (χ0n) is 17.7. The standard InChI is InChI=1S/C22H29ClN4O2S/c1-17-4-9-20(23)14-21(17)26-10-12-27(13-11-26)22(24-2)25-15-18-5-7-19(8-6-18)16-30(3,28)29/h4-9,14H,10-13,15-16H2,1-3H3,(H,24,25). The largest absolute Gasteiger partial charge is 0.368 e. The summed E-state index contributed by atoms with van der Waals surface area (Å²) < 4.78 is 22.8. The summed E-state index contributed by atoms with van der Waals surface area (Å²) in [5.74, 6) is 0.941. The van der Waals surface area contributed by atoms with E-state index in [1.165, 1.54) is 17.5 Å². The molecule has 0 aliphatic carbocycles. The van der Waals surface area contributed by atoms with Gasteiger partial charge in [0.1, 0.15) is 0 Å². The molecule has 0 amide bonds. The van der Waals surface area contributed by atoms with Crippen molar-refractivity contribution in [1.82, 2.24) is 10.2 Å². The minimum atomic E-state index is -3.02. The van der Waals surface area contributed by atoms with Gasteiger partial charge in [0.05, 0.1) is 5.75 Å². The monoisotopic (exact) mass is 448 g/mol. The molecule has 30 heavy (non-hydrogen) atoms. The van der Waals surface area contributed by atoms with Crippen molar-refractivity contribution in [3.8, 4) is 0 Å². The van der Waals surface area contributed by atoms with Crippen LogP contribution in [0.4, 0.5) is 5.69 Å². The van der Waals surface area contributed by atoms with Gasteiger partial charge in [-0.05, 0) is 35.7 Å². The molecule has 1 aliphatic rings. The molecule has 1 aliphatic heterocycles. The average Bonchev–Trinajstić information content (AvgIpc) is 2.71. The predicted octanol–water partition coefficient (Wildman–Crippen LogP) is 3.09. The first-order valence-electron chi connectivity index (χ1n) is 9.97. The third kappa shape index (κ3) is 6.12. The Kier molecular flexibility index (Phi) is 7.26. The van der Waals surface area contributed by atoms with Crippen LogP contribution in [-0.4, -0.2) is 58.8 Å². The van der Waals surface area contributed by atoms with E-state index in [0.717, 1.165) is 48.3 Å². The molecule has 3 rings (SSSR count). The highest BCUT2D eigenvalue weighted by Gasteiger charge is 2.21. The van der Waals surface area contributed by atoms with Crippen molar-refractivity contribution in [3.63, 3.8) is 0 Å². The molecule has 1 saturated heterocycles. The molecule has 0 aromatic heterocycles. The fourth-order valence-electron chi connectivity index (χ4n) is 3.65. The highest BCUT2D eigenvalue weighted by atomic mass is 35.5. The van der Waals surface area contributed by atoms with E-state index < -0.39 is 9.84 Å². The van der Waals surface area contributed by atoms with Crippen LogP contribution in [-0.2, 0) is 22.1 Å². The van der Waals surface area contributed by atoms with Crippen molar-refractivity contribution in [1.29, 1.82) is 0 Å². The van der Waals surface area contributed by atoms with Crippen molar-refractivity contribution >= 4 is 33.1 Å². The van der Waals surface area contributed by atoms with Crippen LogP contribution in [0.5, 0.6) is 0 Å². The zero-order chi connectivity index (χ0) is 21.7. The molecule has 6 nitrogen and oxygen atoms in total. The van der Waals surface area contributed by atoms with Crippen molar-refractivity contribution in [2.75, 3.05) is 44.4 Å². The third-order valence-electron chi connectivity index (χ3n) is 5.21. The van der Waals surface area contributed by atoms with Gasteiger partial charge in [-0.15, -0.1) is 0 Å². The Labute approximate surface area is 184 Å². The minimum Gasteiger partial charge on any atom is -0.368 e. The van der Waals surface area contributed by atoms with E-state index in [1.807, 2.05) is 36.4 Å². The van der Waals surface area contributed by atoms with Crippen LogP contribution in [0, 0.1) is 6.92 Å². The van der Waals surface area contributed by atoms with Crippen LogP contribution < -0.4 is 10.2 Å². The van der Waals surface area contributed by atoms with Crippen LogP contribution in [0.2, 0.25) is 5.02 Å². The van der Waals surface area contributed by atoms with Gasteiger partial charge in [0, 0.05) is 56.7 Å². The van der Waals surface area contributed by atoms with E-state index in [0.29, 0.717) is 6.54 Å². The molecule has 0 spiro atoms. The van der Waals surface area contributed by atoms with Crippen molar-refractivity contribution in [3.05, 3.63) is 64.2 Å². The summed E-state index contributed by atoms with van der Waals surface area (Å²) in [6.07, 6.45) is 1.25. The van der Waals surface area contributed by atoms with Crippen LogP contribution in [0.1, 0.15) is 16.7 Å². The first kappa shape index (κ1) is 22.4. The summed E-state index contributed by atoms with van der Waals surface area (Å²) in [5.41, 5.74) is 4.31. The lowest BCUT2D eigenvalue weighted by molar-refractivity contribution is 0.372. The molecular weight excluding hydrogens is 420 g/mol. The lowest BCUT2D eigenvalue weighted by Gasteiger charge is -2.38. The molecule has 2 aromatic carbocycles. The Bertz CT molecular complexity index is 998. The molecule has 0 atom stereocenters. The van der Waals surface area contributed by atoms with Crippen molar-refractivity contribution < 1.29 is 8.42 Å². The number of aliphatic imine (C=N–C) groups is 1. The summed E-state index contributed by atoms with van der Waals surface area (Å²) in [5, 5.41) is 4.18. The number of aryl methyl sites for hydroxylation is 1. The minimum absolute atomic E-state index is 0.0682. The number of nitrogens with zero attached hydrogens (tertiary/aromatic N) is 3. The number of hydrogen-bond acceptors (Lipinski definition) is 4. The Morgan fingerprint density at radius 1 is 1.07 bits per heavy atom. The Morgan fingerprint density at radius 2 is 1.70 bits per heavy atom. The predicted molar refractivity (Wildman–Crippen MR) is 125 cm³/mol. The number of benzene rings is 2. The summed E-state index contributed by atoms with van der Waals surface area (Å²) in [6, 6.07) is 13.7. The molecule has 0 bridgehead atoms. The number of sulfone groups is 1. The first-order valence-corrected chi connectivity index (χ1v) is 12.4. The van der Waals surface area contributed by atoms with E-state index in [9.17, 15) is 8.42 Å². The third-order valence-corrected chi connectivity index (χ3v) is 6.30. The van der Waals surface area contributed by atoms with Gasteiger partial charge in [-0.1, -0.05) is 41.9 Å². The molecule has 1 N–H and O–H groups in total. The maximum atomic E-state index is 11.4. The van der Waals surface area contributed by atoms with Gasteiger partial charge in [-0.3, -0.25) is 4.99 Å². The van der Waals surface area contributed by atoms with E-state index >= 15 is 0 Å². The van der Waals surface area contributed by atoms with Crippen molar-refractivity contribution in [2.24, 2.45) is 4.99 Å². The lowest BCUT2D eigenvalue weighted by atomic mass is 10.1. The molecule has 8 heteroatoms. The lowest BCUT2D eigenvalue weighted by Crippen LogP contribution is -2.52. The topological polar surface area (TPSA) is 65.0 Å². The first-order chi connectivity index (χ1) is 14.2. The zero-order valence-corrected chi connectivity index (χ0v) is 19.3. The highest BCUT2D eigenvalue weighted by Crippen LogP contribution is 2.25. The fourth-order valence-corrected chi connectivity index (χ4v) is 4.62. The molecule has 0 saturated carbocycles. The van der Waals surface area contributed by atoms with Crippen LogP contribution >= 0.6 is 11.6 Å². The molecular formula is C22H29ClN4O2S. The van der Waals surface area contributed by atoms with Gasteiger partial charge < -0.3 is 15.1 Å². The van der Waals surface area contributed by atoms with Crippen LogP contribution in [0.3, 0.4) is 0 Å². The second-order valence-electron chi connectivity index (χ2n) is 7.69. The smallest absolute Gasteiger partial charge is 0.194 e. The van der Waals surface area contributed by atoms with Gasteiger partial charge in [0.2, 0.25) is 0 Å². The second-order valence-corrected chi connectivity index (χ2v) is 10.3. The Hall–Kier alpha value is -2.25. The summed E-state index contributed by atoms with van der Waals surface area (Å²) in [4.78, 5) is 9.06. The quantitative estimate of drug-likeness (QED) is 0.562. The number of halogens is 1. The summed E-state index contributed by atoms with van der Waals surface area (Å²) in [7, 11) is -1.22. The van der Waals surface area contributed by atoms with Gasteiger partial charge >= 0.3 is 0 Å². The normalized spacial score (nSPS) is 15.4. The van der Waals surface area contributed by atoms with Gasteiger partial charge in [-0.25, -0.2) is 8.42 Å². The molecule has 162 valence electrons. The SMILES string of the molecule is CN=C(NCc1ccc(CS(C)(=O)=O)cc1)N1CCN(c2cc(Cl)ccc2C)CC1. The van der Waals surface area contributed by atoms with Gasteiger partial charge in [0.15, 0.2) is 15.8 Å². The number of piperazine rings is 1.